The summed E-state index contributed by atoms with van der Waals surface area (Å²) in [5, 5.41) is 1.43. The summed E-state index contributed by atoms with van der Waals surface area (Å²) in [5.41, 5.74) is 7.21. The number of H-pyrrole nitrogens is 1. The number of nitrogens with one attached hydrogen (secondary N) is 1. The van der Waals surface area contributed by atoms with Crippen LogP contribution in [0.5, 0.6) is 11.5 Å². The molecule has 1 unspecified atom stereocenters. The van der Waals surface area contributed by atoms with E-state index in [0.717, 1.165) is 36.8 Å². The number of hydrogen-bond donors (Lipinski definition) is 1. The third-order valence-corrected chi connectivity index (χ3v) is 9.25. The first-order valence-corrected chi connectivity index (χ1v) is 13.4. The molecule has 0 amide bonds. The number of aromatic nitrogens is 1. The topological polar surface area (TPSA) is 40.7 Å². The maximum Gasteiger partial charge on any atom is 0.161 e. The summed E-state index contributed by atoms with van der Waals surface area (Å²) >= 11 is 0. The summed E-state index contributed by atoms with van der Waals surface area (Å²) in [4.78, 5) is 9.19. The number of nitrogens with zero attached hydrogens (tertiary/aromatic N) is 2. The second-order valence-corrected chi connectivity index (χ2v) is 10.9. The molecule has 4 atom stereocenters. The zero-order chi connectivity index (χ0) is 24.1. The van der Waals surface area contributed by atoms with E-state index >= 15 is 0 Å². The number of methoxy groups -OCH3 is 2. The number of aromatic amines is 1. The lowest BCUT2D eigenvalue weighted by molar-refractivity contribution is 0.0328. The Balaban J connectivity index is 1.32. The number of ether oxygens (including phenoxy) is 2. The van der Waals surface area contributed by atoms with Gasteiger partial charge in [-0.3, -0.25) is 9.80 Å². The summed E-state index contributed by atoms with van der Waals surface area (Å²) in [6.07, 6.45) is 5.93. The minimum atomic E-state index is 0.426. The van der Waals surface area contributed by atoms with Gasteiger partial charge in [0.1, 0.15) is 0 Å². The maximum atomic E-state index is 5.70. The highest BCUT2D eigenvalue weighted by Gasteiger charge is 2.41. The van der Waals surface area contributed by atoms with Crippen LogP contribution < -0.4 is 9.47 Å². The molecule has 2 aromatic carbocycles. The molecule has 6 rings (SSSR count). The summed E-state index contributed by atoms with van der Waals surface area (Å²) in [5.74, 6) is 3.15. The van der Waals surface area contributed by atoms with Crippen LogP contribution in [0.3, 0.4) is 0 Å². The van der Waals surface area contributed by atoms with Gasteiger partial charge in [0.05, 0.1) is 20.3 Å². The summed E-state index contributed by atoms with van der Waals surface area (Å²) in [6, 6.07) is 14.3. The molecule has 1 saturated heterocycles. The van der Waals surface area contributed by atoms with Gasteiger partial charge >= 0.3 is 0 Å². The van der Waals surface area contributed by atoms with Gasteiger partial charge in [-0.2, -0.15) is 0 Å². The zero-order valence-corrected chi connectivity index (χ0v) is 21.6. The molecular formula is C30H39N3O2. The molecule has 1 fully saturated rings. The standard InChI is InChI=1S/C30H39N3O2/c1-5-19-18-33-13-11-23-22-8-6-7-9-25(22)31-30(23)27(33)15-21(19)14-26-24-17-29(35-4)28(34-3)16-20(24)10-12-32(26)2/h6-9,16-17,19,21,26-27,31H,5,10-15,18H2,1-4H3/t19-,21-,26?,27-/m0/s1. The summed E-state index contributed by atoms with van der Waals surface area (Å²) in [6.45, 7) is 5.89. The molecule has 4 heterocycles. The molecule has 5 heteroatoms. The van der Waals surface area contributed by atoms with E-state index in [-0.39, 0.29) is 0 Å². The number of hydrogen-bond acceptors (Lipinski definition) is 4. The van der Waals surface area contributed by atoms with Crippen LogP contribution in [-0.2, 0) is 12.8 Å². The Hall–Kier alpha value is -2.50. The van der Waals surface area contributed by atoms with Crippen molar-refractivity contribution in [1.29, 1.82) is 0 Å². The van der Waals surface area contributed by atoms with Crippen LogP contribution in [0.15, 0.2) is 36.4 Å². The van der Waals surface area contributed by atoms with E-state index in [0.29, 0.717) is 18.0 Å². The van der Waals surface area contributed by atoms with Gasteiger partial charge in [0.2, 0.25) is 0 Å². The summed E-state index contributed by atoms with van der Waals surface area (Å²) < 4.78 is 11.3. The van der Waals surface area contributed by atoms with Crippen LogP contribution in [-0.4, -0.2) is 55.7 Å². The Bertz CT molecular complexity index is 1220. The highest BCUT2D eigenvalue weighted by molar-refractivity contribution is 5.85. The fourth-order valence-electron chi connectivity index (χ4n) is 7.28. The first-order valence-electron chi connectivity index (χ1n) is 13.4. The highest BCUT2D eigenvalue weighted by Crippen LogP contribution is 2.48. The van der Waals surface area contributed by atoms with Crippen molar-refractivity contribution < 1.29 is 9.47 Å². The minimum absolute atomic E-state index is 0.426. The van der Waals surface area contributed by atoms with Crippen LogP contribution >= 0.6 is 0 Å². The molecule has 0 spiro atoms. The lowest BCUT2D eigenvalue weighted by Crippen LogP contribution is -2.47. The number of fused-ring (bicyclic) bond motifs is 6. The Labute approximate surface area is 209 Å². The predicted molar refractivity (Wildman–Crippen MR) is 141 cm³/mol. The summed E-state index contributed by atoms with van der Waals surface area (Å²) in [7, 11) is 5.78. The first-order chi connectivity index (χ1) is 17.1. The van der Waals surface area contributed by atoms with E-state index in [9.17, 15) is 0 Å². The van der Waals surface area contributed by atoms with Crippen molar-refractivity contribution in [3.05, 3.63) is 58.8 Å². The molecule has 0 radical (unpaired) electrons. The van der Waals surface area contributed by atoms with Gasteiger partial charge in [0.25, 0.3) is 0 Å². The quantitative estimate of drug-likeness (QED) is 0.512. The molecule has 5 nitrogen and oxygen atoms in total. The largest absolute Gasteiger partial charge is 0.493 e. The predicted octanol–water partition coefficient (Wildman–Crippen LogP) is 5.75. The normalized spacial score (nSPS) is 26.7. The van der Waals surface area contributed by atoms with Crippen LogP contribution in [0.1, 0.15) is 60.7 Å². The van der Waals surface area contributed by atoms with Crippen molar-refractivity contribution in [3.8, 4) is 11.5 Å². The van der Waals surface area contributed by atoms with Crippen LogP contribution in [0, 0.1) is 11.8 Å². The van der Waals surface area contributed by atoms with Gasteiger partial charge in [-0.1, -0.05) is 31.5 Å². The molecule has 1 aromatic heterocycles. The van der Waals surface area contributed by atoms with Crippen LogP contribution in [0.2, 0.25) is 0 Å². The Morgan fingerprint density at radius 3 is 2.60 bits per heavy atom. The molecule has 3 aromatic rings. The first kappa shape index (κ1) is 22.9. The number of para-hydroxylation sites is 1. The maximum absolute atomic E-state index is 5.70. The van der Waals surface area contributed by atoms with Crippen molar-refractivity contribution in [2.75, 3.05) is 40.9 Å². The monoisotopic (exact) mass is 473 g/mol. The van der Waals surface area contributed by atoms with E-state index in [1.807, 2.05) is 0 Å². The third-order valence-electron chi connectivity index (χ3n) is 9.25. The van der Waals surface area contributed by atoms with Crippen molar-refractivity contribution in [3.63, 3.8) is 0 Å². The van der Waals surface area contributed by atoms with Gasteiger partial charge in [-0.15, -0.1) is 0 Å². The van der Waals surface area contributed by atoms with E-state index in [1.54, 1.807) is 19.8 Å². The lowest BCUT2D eigenvalue weighted by atomic mass is 9.73. The Morgan fingerprint density at radius 2 is 1.80 bits per heavy atom. The molecule has 0 bridgehead atoms. The molecule has 1 N–H and O–H groups in total. The highest BCUT2D eigenvalue weighted by atomic mass is 16.5. The van der Waals surface area contributed by atoms with Gasteiger partial charge in [-0.25, -0.2) is 0 Å². The molecule has 0 aliphatic carbocycles. The molecule has 3 aliphatic heterocycles. The zero-order valence-electron chi connectivity index (χ0n) is 21.6. The van der Waals surface area contributed by atoms with Gasteiger partial charge in [-0.05, 0) is 79.5 Å². The Kier molecular flexibility index (Phi) is 6.01. The van der Waals surface area contributed by atoms with E-state index in [1.165, 1.54) is 60.1 Å². The molecular weight excluding hydrogens is 434 g/mol. The average molecular weight is 474 g/mol. The van der Waals surface area contributed by atoms with Crippen molar-refractivity contribution in [2.24, 2.45) is 11.8 Å². The number of likely N-dealkylation sites (N-methyl/N-ethyl adjacent to an activating group) is 1. The molecule has 3 aliphatic rings. The van der Waals surface area contributed by atoms with E-state index in [2.05, 4.69) is 65.2 Å². The fourth-order valence-corrected chi connectivity index (χ4v) is 7.28. The van der Waals surface area contributed by atoms with Crippen LogP contribution in [0.4, 0.5) is 0 Å². The average Bonchev–Trinajstić information content (AvgIpc) is 3.28. The smallest absolute Gasteiger partial charge is 0.161 e. The van der Waals surface area contributed by atoms with Gasteiger partial charge < -0.3 is 14.5 Å². The molecule has 35 heavy (non-hydrogen) atoms. The minimum Gasteiger partial charge on any atom is -0.493 e. The lowest BCUT2D eigenvalue weighted by Gasteiger charge is -2.48. The number of rotatable bonds is 5. The second-order valence-electron chi connectivity index (χ2n) is 10.9. The SMILES string of the molecule is CC[C@H]1CN2CCc3c([nH]c4ccccc34)[C@@H]2C[C@@H]1CC1c2cc(OC)c(OC)cc2CCN1C. The van der Waals surface area contributed by atoms with Gasteiger partial charge in [0, 0.05) is 42.3 Å². The van der Waals surface area contributed by atoms with E-state index < -0.39 is 0 Å². The van der Waals surface area contributed by atoms with Gasteiger partial charge in [0.15, 0.2) is 11.5 Å². The Morgan fingerprint density at radius 1 is 1.00 bits per heavy atom. The fraction of sp³-hybridized carbons (Fsp3) is 0.533. The second kappa shape index (κ2) is 9.18. The van der Waals surface area contributed by atoms with Crippen molar-refractivity contribution >= 4 is 10.9 Å². The number of piperidine rings is 1. The van der Waals surface area contributed by atoms with Crippen molar-refractivity contribution in [1.82, 2.24) is 14.8 Å². The third kappa shape index (κ3) is 3.84. The molecule has 186 valence electrons. The molecule has 0 saturated carbocycles. The van der Waals surface area contributed by atoms with E-state index in [4.69, 9.17) is 9.47 Å². The van der Waals surface area contributed by atoms with Crippen LogP contribution in [0.25, 0.3) is 10.9 Å². The van der Waals surface area contributed by atoms with Crippen molar-refractivity contribution in [2.45, 2.75) is 51.1 Å². The number of benzene rings is 2.